The molecule has 4 heterocycles. The summed E-state index contributed by atoms with van der Waals surface area (Å²) < 4.78 is 8.99. The van der Waals surface area contributed by atoms with Crippen LogP contribution in [0.25, 0.3) is 11.3 Å². The number of aromatic nitrogens is 2. The van der Waals surface area contributed by atoms with Crippen molar-refractivity contribution in [2.24, 2.45) is 5.92 Å². The summed E-state index contributed by atoms with van der Waals surface area (Å²) in [5.41, 5.74) is 3.26. The fraction of sp³-hybridized carbons (Fsp3) is 0.583. The molecule has 6 heteroatoms. The first kappa shape index (κ1) is 18.4. The zero-order valence-corrected chi connectivity index (χ0v) is 17.7. The number of carbonyl (C=O) groups excluding carboxylic acids is 1. The smallest absolute Gasteiger partial charge is 0.225 e. The van der Waals surface area contributed by atoms with E-state index in [1.54, 1.807) is 0 Å². The summed E-state index contributed by atoms with van der Waals surface area (Å²) in [5.74, 6) is 1.60. The molecular weight excluding hydrogens is 376 g/mol. The Hall–Kier alpha value is -2.34. The van der Waals surface area contributed by atoms with Crippen molar-refractivity contribution in [1.29, 1.82) is 0 Å². The third-order valence-corrected chi connectivity index (χ3v) is 7.58. The van der Waals surface area contributed by atoms with Crippen molar-refractivity contribution < 1.29 is 9.53 Å². The van der Waals surface area contributed by atoms with Crippen molar-refractivity contribution in [2.75, 3.05) is 33.2 Å². The van der Waals surface area contributed by atoms with Gasteiger partial charge < -0.3 is 14.5 Å². The molecule has 1 aromatic heterocycles. The molecule has 4 aliphatic rings. The number of piperidine rings is 2. The average molecular weight is 407 g/mol. The van der Waals surface area contributed by atoms with Crippen LogP contribution < -0.4 is 4.74 Å². The number of benzene rings is 1. The molecule has 1 aliphatic carbocycles. The molecule has 0 N–H and O–H groups in total. The topological polar surface area (TPSA) is 50.6 Å². The summed E-state index contributed by atoms with van der Waals surface area (Å²) in [6.07, 6.45) is 8.13. The minimum absolute atomic E-state index is 0.287. The Morgan fingerprint density at radius 3 is 2.53 bits per heavy atom. The molecule has 0 atom stereocenters. The molecule has 0 radical (unpaired) electrons. The zero-order valence-electron chi connectivity index (χ0n) is 17.7. The van der Waals surface area contributed by atoms with E-state index in [0.717, 1.165) is 76.0 Å². The summed E-state index contributed by atoms with van der Waals surface area (Å²) in [6.45, 7) is 3.77. The van der Waals surface area contributed by atoms with E-state index in [-0.39, 0.29) is 11.5 Å². The number of amides is 1. The maximum absolute atomic E-state index is 12.6. The van der Waals surface area contributed by atoms with Crippen LogP contribution >= 0.6 is 0 Å². The van der Waals surface area contributed by atoms with Crippen LogP contribution in [0.3, 0.4) is 0 Å². The summed E-state index contributed by atoms with van der Waals surface area (Å²) in [4.78, 5) is 17.0. The first-order valence-electron chi connectivity index (χ1n) is 11.5. The molecule has 158 valence electrons. The second-order valence-corrected chi connectivity index (χ2v) is 9.58. The van der Waals surface area contributed by atoms with E-state index in [1.165, 1.54) is 11.3 Å². The minimum Gasteiger partial charge on any atom is -0.482 e. The lowest BCUT2D eigenvalue weighted by atomic mass is 9.80. The number of rotatable bonds is 2. The Balaban J connectivity index is 1.36. The van der Waals surface area contributed by atoms with Gasteiger partial charge in [0.05, 0.1) is 17.9 Å². The normalized spacial score (nSPS) is 23.7. The van der Waals surface area contributed by atoms with Crippen molar-refractivity contribution in [3.63, 3.8) is 0 Å². The predicted molar refractivity (Wildman–Crippen MR) is 114 cm³/mol. The Kier molecular flexibility index (Phi) is 4.20. The van der Waals surface area contributed by atoms with E-state index in [0.29, 0.717) is 11.9 Å². The molecule has 30 heavy (non-hydrogen) atoms. The second kappa shape index (κ2) is 6.84. The van der Waals surface area contributed by atoms with Crippen LogP contribution in [-0.4, -0.2) is 58.7 Å². The van der Waals surface area contributed by atoms with Crippen LogP contribution in [0.15, 0.2) is 30.5 Å². The monoisotopic (exact) mass is 406 g/mol. The van der Waals surface area contributed by atoms with Gasteiger partial charge in [-0.15, -0.1) is 0 Å². The van der Waals surface area contributed by atoms with Crippen LogP contribution in [0.1, 0.15) is 50.1 Å². The van der Waals surface area contributed by atoms with Gasteiger partial charge in [0.25, 0.3) is 0 Å². The molecule has 6 rings (SSSR count). The Labute approximate surface area is 177 Å². The largest absolute Gasteiger partial charge is 0.482 e. The van der Waals surface area contributed by atoms with Crippen molar-refractivity contribution in [3.8, 4) is 17.0 Å². The number of fused-ring (bicyclic) bond motifs is 4. The van der Waals surface area contributed by atoms with Crippen LogP contribution in [0.2, 0.25) is 0 Å². The van der Waals surface area contributed by atoms with Gasteiger partial charge in [0, 0.05) is 43.0 Å². The van der Waals surface area contributed by atoms with Gasteiger partial charge in [0.2, 0.25) is 5.91 Å². The maximum Gasteiger partial charge on any atom is 0.225 e. The van der Waals surface area contributed by atoms with Gasteiger partial charge in [-0.2, -0.15) is 5.10 Å². The Bertz CT molecular complexity index is 963. The van der Waals surface area contributed by atoms with Gasteiger partial charge in [0.15, 0.2) is 0 Å². The fourth-order valence-electron chi connectivity index (χ4n) is 5.55. The highest BCUT2D eigenvalue weighted by Gasteiger charge is 2.47. The molecule has 2 saturated heterocycles. The first-order valence-corrected chi connectivity index (χ1v) is 11.5. The van der Waals surface area contributed by atoms with E-state index < -0.39 is 0 Å². The SMILES string of the molecule is CN1CCC(n2ncc3c2-c2ccccc2OC32CCN(C(=O)C3CC3)CC2)CC1. The molecular formula is C24H30N4O2. The van der Waals surface area contributed by atoms with Gasteiger partial charge in [-0.3, -0.25) is 9.48 Å². The highest BCUT2D eigenvalue weighted by Crippen LogP contribution is 2.50. The quantitative estimate of drug-likeness (QED) is 0.767. The van der Waals surface area contributed by atoms with Gasteiger partial charge in [-0.05, 0) is 58.0 Å². The zero-order chi connectivity index (χ0) is 20.3. The van der Waals surface area contributed by atoms with Crippen molar-refractivity contribution in [3.05, 3.63) is 36.0 Å². The van der Waals surface area contributed by atoms with Crippen molar-refractivity contribution >= 4 is 5.91 Å². The number of ether oxygens (including phenoxy) is 1. The van der Waals surface area contributed by atoms with Gasteiger partial charge in [0.1, 0.15) is 11.4 Å². The van der Waals surface area contributed by atoms with Crippen molar-refractivity contribution in [1.82, 2.24) is 19.6 Å². The molecule has 0 bridgehead atoms. The predicted octanol–water partition coefficient (Wildman–Crippen LogP) is 3.44. The lowest BCUT2D eigenvalue weighted by Crippen LogP contribution is -2.49. The highest BCUT2D eigenvalue weighted by atomic mass is 16.5. The van der Waals surface area contributed by atoms with Crippen LogP contribution in [0.5, 0.6) is 5.75 Å². The average Bonchev–Trinajstić information content (AvgIpc) is 3.53. The molecule has 1 aromatic carbocycles. The number of likely N-dealkylation sites (tertiary alicyclic amines) is 2. The molecule has 1 spiro atoms. The number of hydrogen-bond donors (Lipinski definition) is 0. The Morgan fingerprint density at radius 2 is 1.80 bits per heavy atom. The van der Waals surface area contributed by atoms with Gasteiger partial charge in [-0.25, -0.2) is 0 Å². The number of para-hydroxylation sites is 1. The fourth-order valence-corrected chi connectivity index (χ4v) is 5.55. The molecule has 2 aromatic rings. The van der Waals surface area contributed by atoms with Crippen LogP contribution in [0.4, 0.5) is 0 Å². The van der Waals surface area contributed by atoms with E-state index in [4.69, 9.17) is 9.84 Å². The highest BCUT2D eigenvalue weighted by molar-refractivity contribution is 5.81. The summed E-state index contributed by atoms with van der Waals surface area (Å²) in [7, 11) is 2.20. The molecule has 0 unspecified atom stereocenters. The van der Waals surface area contributed by atoms with Crippen LogP contribution in [-0.2, 0) is 10.4 Å². The third-order valence-electron chi connectivity index (χ3n) is 7.58. The van der Waals surface area contributed by atoms with E-state index in [1.807, 2.05) is 0 Å². The lowest BCUT2D eigenvalue weighted by Gasteiger charge is -2.44. The first-order chi connectivity index (χ1) is 14.6. The van der Waals surface area contributed by atoms with Crippen molar-refractivity contribution in [2.45, 2.75) is 50.2 Å². The molecule has 1 amide bonds. The minimum atomic E-state index is -0.367. The van der Waals surface area contributed by atoms with Crippen LogP contribution in [0, 0.1) is 5.92 Å². The third kappa shape index (κ3) is 2.88. The summed E-state index contributed by atoms with van der Waals surface area (Å²) in [5, 5.41) is 4.92. The Morgan fingerprint density at radius 1 is 1.07 bits per heavy atom. The number of hydrogen-bond acceptors (Lipinski definition) is 4. The van der Waals surface area contributed by atoms with Gasteiger partial charge >= 0.3 is 0 Å². The number of carbonyl (C=O) groups is 1. The summed E-state index contributed by atoms with van der Waals surface area (Å²) >= 11 is 0. The maximum atomic E-state index is 12.6. The van der Waals surface area contributed by atoms with E-state index >= 15 is 0 Å². The standard InChI is InChI=1S/C24H30N4O2/c1-26-12-8-18(9-13-26)28-22-19-4-2-3-5-21(19)30-24(20(22)16-25-28)10-14-27(15-11-24)23(29)17-6-7-17/h2-5,16-18H,6-15H2,1H3. The van der Waals surface area contributed by atoms with E-state index in [2.05, 4.69) is 52.0 Å². The molecule has 6 nitrogen and oxygen atoms in total. The second-order valence-electron chi connectivity index (χ2n) is 9.58. The van der Waals surface area contributed by atoms with E-state index in [9.17, 15) is 4.79 Å². The molecule has 3 aliphatic heterocycles. The molecule has 3 fully saturated rings. The number of nitrogens with zero attached hydrogens (tertiary/aromatic N) is 4. The van der Waals surface area contributed by atoms with Gasteiger partial charge in [-0.1, -0.05) is 12.1 Å². The lowest BCUT2D eigenvalue weighted by molar-refractivity contribution is -0.136. The molecule has 1 saturated carbocycles. The summed E-state index contributed by atoms with van der Waals surface area (Å²) in [6, 6.07) is 8.84.